The van der Waals surface area contributed by atoms with Crippen LogP contribution in [0, 0.1) is 12.8 Å². The molecule has 1 amide bonds. The van der Waals surface area contributed by atoms with Gasteiger partial charge in [0.1, 0.15) is 5.56 Å². The molecule has 1 aliphatic rings. The molecule has 1 N–H and O–H groups in total. The fourth-order valence-corrected chi connectivity index (χ4v) is 2.68. The zero-order chi connectivity index (χ0) is 17.1. The number of amides is 1. The highest BCUT2D eigenvalue weighted by atomic mass is 16.5. The Balaban J connectivity index is 1.84. The number of aryl methyl sites for hydroxylation is 1. The van der Waals surface area contributed by atoms with E-state index in [0.717, 1.165) is 24.2 Å². The summed E-state index contributed by atoms with van der Waals surface area (Å²) in [4.78, 5) is 21.5. The van der Waals surface area contributed by atoms with Crippen molar-refractivity contribution in [2.45, 2.75) is 25.8 Å². The molecule has 6 heteroatoms. The van der Waals surface area contributed by atoms with Crippen molar-refractivity contribution in [2.24, 2.45) is 5.92 Å². The number of methoxy groups -OCH3 is 2. The lowest BCUT2D eigenvalue weighted by molar-refractivity contribution is 0.0926. The van der Waals surface area contributed by atoms with Gasteiger partial charge in [-0.15, -0.1) is 0 Å². The van der Waals surface area contributed by atoms with E-state index in [-0.39, 0.29) is 17.8 Å². The Bertz CT molecular complexity index is 744. The van der Waals surface area contributed by atoms with Crippen LogP contribution in [-0.2, 0) is 0 Å². The molecule has 1 atom stereocenters. The van der Waals surface area contributed by atoms with Gasteiger partial charge in [0, 0.05) is 11.8 Å². The number of ether oxygens (including phenoxy) is 2. The van der Waals surface area contributed by atoms with Gasteiger partial charge in [-0.25, -0.2) is 0 Å². The maximum absolute atomic E-state index is 12.7. The molecule has 0 radical (unpaired) electrons. The van der Waals surface area contributed by atoms with E-state index in [9.17, 15) is 4.79 Å². The van der Waals surface area contributed by atoms with Crippen LogP contribution in [0.15, 0.2) is 30.3 Å². The van der Waals surface area contributed by atoms with Crippen LogP contribution in [-0.4, -0.2) is 30.1 Å². The number of aromatic nitrogens is 2. The Morgan fingerprint density at radius 2 is 1.96 bits per heavy atom. The van der Waals surface area contributed by atoms with Crippen molar-refractivity contribution in [1.82, 2.24) is 15.3 Å². The molecular weight excluding hydrogens is 306 g/mol. The van der Waals surface area contributed by atoms with E-state index in [0.29, 0.717) is 17.4 Å². The van der Waals surface area contributed by atoms with Crippen molar-refractivity contribution in [1.29, 1.82) is 0 Å². The van der Waals surface area contributed by atoms with Gasteiger partial charge in [-0.1, -0.05) is 6.07 Å². The zero-order valence-corrected chi connectivity index (χ0v) is 14.1. The largest absolute Gasteiger partial charge is 0.481 e. The number of pyridine rings is 2. The maximum atomic E-state index is 12.7. The summed E-state index contributed by atoms with van der Waals surface area (Å²) in [5.41, 5.74) is 2.22. The minimum Gasteiger partial charge on any atom is -0.481 e. The van der Waals surface area contributed by atoms with Gasteiger partial charge >= 0.3 is 0 Å². The molecule has 0 spiro atoms. The Kier molecular flexibility index (Phi) is 4.64. The van der Waals surface area contributed by atoms with Crippen molar-refractivity contribution < 1.29 is 14.3 Å². The van der Waals surface area contributed by atoms with Gasteiger partial charge in [0.2, 0.25) is 11.8 Å². The molecular formula is C18H21N3O3. The van der Waals surface area contributed by atoms with Crippen LogP contribution in [0.25, 0.3) is 0 Å². The molecule has 24 heavy (non-hydrogen) atoms. The number of nitrogens with one attached hydrogen (secondary N) is 1. The van der Waals surface area contributed by atoms with Gasteiger partial charge in [0.15, 0.2) is 0 Å². The van der Waals surface area contributed by atoms with Gasteiger partial charge in [-0.2, -0.15) is 4.98 Å². The third-order valence-electron chi connectivity index (χ3n) is 4.09. The SMILES string of the molecule is COc1ccc(C(=O)NC(c2cccc(C)n2)C2CC2)c(OC)n1. The monoisotopic (exact) mass is 327 g/mol. The molecule has 2 aromatic heterocycles. The smallest absolute Gasteiger partial charge is 0.257 e. The van der Waals surface area contributed by atoms with Crippen molar-refractivity contribution in [3.63, 3.8) is 0 Å². The van der Waals surface area contributed by atoms with Gasteiger partial charge in [0.25, 0.3) is 5.91 Å². The summed E-state index contributed by atoms with van der Waals surface area (Å²) < 4.78 is 10.3. The number of carbonyl (C=O) groups is 1. The Morgan fingerprint density at radius 1 is 1.17 bits per heavy atom. The van der Waals surface area contributed by atoms with Gasteiger partial charge in [-0.3, -0.25) is 9.78 Å². The maximum Gasteiger partial charge on any atom is 0.257 e. The summed E-state index contributed by atoms with van der Waals surface area (Å²) in [5.74, 6) is 0.865. The molecule has 1 aliphatic carbocycles. The Hall–Kier alpha value is -2.63. The standard InChI is InChI=1S/C18H21N3O3/c1-11-5-4-6-14(19-11)16(12-7-8-12)21-17(22)13-9-10-15(23-2)20-18(13)24-3/h4-6,9-10,12,16H,7-8H2,1-3H3,(H,21,22). The molecule has 6 nitrogen and oxygen atoms in total. The van der Waals surface area contributed by atoms with Crippen molar-refractivity contribution >= 4 is 5.91 Å². The van der Waals surface area contributed by atoms with Crippen molar-refractivity contribution in [3.05, 3.63) is 47.3 Å². The first-order valence-electron chi connectivity index (χ1n) is 7.96. The molecule has 1 saturated carbocycles. The highest BCUT2D eigenvalue weighted by Gasteiger charge is 2.35. The van der Waals surface area contributed by atoms with Crippen LogP contribution < -0.4 is 14.8 Å². The third-order valence-corrected chi connectivity index (χ3v) is 4.09. The number of carbonyl (C=O) groups excluding carboxylic acids is 1. The fourth-order valence-electron chi connectivity index (χ4n) is 2.68. The zero-order valence-electron chi connectivity index (χ0n) is 14.1. The van der Waals surface area contributed by atoms with Crippen LogP contribution in [0.5, 0.6) is 11.8 Å². The molecule has 1 fully saturated rings. The molecule has 0 aliphatic heterocycles. The number of nitrogens with zero attached hydrogens (tertiary/aromatic N) is 2. The summed E-state index contributed by atoms with van der Waals surface area (Å²) in [6.07, 6.45) is 2.19. The molecule has 1 unspecified atom stereocenters. The van der Waals surface area contributed by atoms with Crippen LogP contribution in [0.1, 0.15) is 40.6 Å². The minimum atomic E-state index is -0.220. The molecule has 0 bridgehead atoms. The summed E-state index contributed by atoms with van der Waals surface area (Å²) in [7, 11) is 3.01. The first-order chi connectivity index (χ1) is 11.6. The first-order valence-corrected chi connectivity index (χ1v) is 7.96. The third kappa shape index (κ3) is 3.48. The highest BCUT2D eigenvalue weighted by Crippen LogP contribution is 2.40. The van der Waals surface area contributed by atoms with Crippen LogP contribution >= 0.6 is 0 Å². The summed E-state index contributed by atoms with van der Waals surface area (Å²) in [6, 6.07) is 9.09. The topological polar surface area (TPSA) is 73.3 Å². The molecule has 3 rings (SSSR count). The van der Waals surface area contributed by atoms with E-state index in [1.54, 1.807) is 12.1 Å². The predicted octanol–water partition coefficient (Wildman–Crippen LogP) is 2.68. The number of rotatable bonds is 6. The van der Waals surface area contributed by atoms with E-state index < -0.39 is 0 Å². The van der Waals surface area contributed by atoms with Gasteiger partial charge in [0.05, 0.1) is 26.0 Å². The van der Waals surface area contributed by atoms with Crippen LogP contribution in [0.3, 0.4) is 0 Å². The number of hydrogen-bond acceptors (Lipinski definition) is 5. The molecule has 2 heterocycles. The predicted molar refractivity (Wildman–Crippen MR) is 89.2 cm³/mol. The first kappa shape index (κ1) is 16.2. The van der Waals surface area contributed by atoms with Crippen molar-refractivity contribution in [2.75, 3.05) is 14.2 Å². The highest BCUT2D eigenvalue weighted by molar-refractivity contribution is 5.96. The molecule has 0 saturated heterocycles. The van der Waals surface area contributed by atoms with E-state index in [4.69, 9.17) is 9.47 Å². The van der Waals surface area contributed by atoms with Crippen molar-refractivity contribution in [3.8, 4) is 11.8 Å². The second kappa shape index (κ2) is 6.86. The molecule has 126 valence electrons. The Morgan fingerprint density at radius 3 is 2.58 bits per heavy atom. The average Bonchev–Trinajstić information content (AvgIpc) is 3.43. The van der Waals surface area contributed by atoms with E-state index in [1.807, 2.05) is 25.1 Å². The van der Waals surface area contributed by atoms with E-state index >= 15 is 0 Å². The second-order valence-electron chi connectivity index (χ2n) is 5.90. The summed E-state index contributed by atoms with van der Waals surface area (Å²) in [5, 5.41) is 3.09. The van der Waals surface area contributed by atoms with E-state index in [2.05, 4.69) is 15.3 Å². The lowest BCUT2D eigenvalue weighted by atomic mass is 10.1. The minimum absolute atomic E-state index is 0.0933. The van der Waals surface area contributed by atoms with E-state index in [1.165, 1.54) is 14.2 Å². The Labute approximate surface area is 141 Å². The quantitative estimate of drug-likeness (QED) is 0.883. The molecule has 2 aromatic rings. The van der Waals surface area contributed by atoms with Gasteiger partial charge < -0.3 is 14.8 Å². The molecule has 0 aromatic carbocycles. The summed E-state index contributed by atoms with van der Waals surface area (Å²) in [6.45, 7) is 1.95. The van der Waals surface area contributed by atoms with Crippen LogP contribution in [0.4, 0.5) is 0 Å². The lowest BCUT2D eigenvalue weighted by Gasteiger charge is -2.19. The fraction of sp³-hybridized carbons (Fsp3) is 0.389. The number of hydrogen-bond donors (Lipinski definition) is 1. The van der Waals surface area contributed by atoms with Gasteiger partial charge in [-0.05, 0) is 43.9 Å². The second-order valence-corrected chi connectivity index (χ2v) is 5.90. The normalized spacial score (nSPS) is 14.8. The average molecular weight is 327 g/mol. The van der Waals surface area contributed by atoms with Crippen LogP contribution in [0.2, 0.25) is 0 Å². The summed E-state index contributed by atoms with van der Waals surface area (Å²) >= 11 is 0. The lowest BCUT2D eigenvalue weighted by Crippen LogP contribution is -2.31.